The third-order valence-electron chi connectivity index (χ3n) is 4.12. The molecule has 1 saturated heterocycles. The van der Waals surface area contributed by atoms with E-state index >= 15 is 0 Å². The summed E-state index contributed by atoms with van der Waals surface area (Å²) in [6, 6.07) is 2.18. The lowest BCUT2D eigenvalue weighted by Crippen LogP contribution is -2.33. The molecule has 1 fully saturated rings. The van der Waals surface area contributed by atoms with Gasteiger partial charge in [-0.2, -0.15) is 4.31 Å². The Morgan fingerprint density at radius 2 is 2.14 bits per heavy atom. The van der Waals surface area contributed by atoms with Crippen molar-refractivity contribution < 1.29 is 8.42 Å². The molecule has 1 aromatic rings. The van der Waals surface area contributed by atoms with Crippen molar-refractivity contribution in [3.05, 3.63) is 18.0 Å². The molecule has 120 valence electrons. The summed E-state index contributed by atoms with van der Waals surface area (Å²) in [5.41, 5.74) is 1.03. The van der Waals surface area contributed by atoms with Gasteiger partial charge in [0.2, 0.25) is 10.0 Å². The van der Waals surface area contributed by atoms with Gasteiger partial charge in [0, 0.05) is 37.1 Å². The molecule has 0 aromatic carbocycles. The standard InChI is InChI=1S/C15H27N3O2S/c1-5-16-10-14-9-15(11-17(14)12(2)3)21(19,20)18-8-6-7-13(18)4/h9,11-13,16H,5-8,10H2,1-4H3. The Hall–Kier alpha value is -0.850. The lowest BCUT2D eigenvalue weighted by molar-refractivity contribution is 0.408. The van der Waals surface area contributed by atoms with Crippen LogP contribution in [0.25, 0.3) is 0 Å². The third-order valence-corrected chi connectivity index (χ3v) is 6.10. The van der Waals surface area contributed by atoms with Gasteiger partial charge in [0.15, 0.2) is 0 Å². The van der Waals surface area contributed by atoms with E-state index in [4.69, 9.17) is 0 Å². The Kier molecular flexibility index (Phi) is 5.11. The van der Waals surface area contributed by atoms with Crippen molar-refractivity contribution in [2.45, 2.75) is 64.1 Å². The number of nitrogens with one attached hydrogen (secondary N) is 1. The van der Waals surface area contributed by atoms with Gasteiger partial charge in [-0.3, -0.25) is 0 Å². The lowest BCUT2D eigenvalue weighted by Gasteiger charge is -2.20. The molecule has 1 atom stereocenters. The topological polar surface area (TPSA) is 54.3 Å². The van der Waals surface area contributed by atoms with Crippen LogP contribution in [0.3, 0.4) is 0 Å². The first-order chi connectivity index (χ1) is 9.87. The van der Waals surface area contributed by atoms with E-state index < -0.39 is 10.0 Å². The molecule has 0 radical (unpaired) electrons. The summed E-state index contributed by atoms with van der Waals surface area (Å²) >= 11 is 0. The Labute approximate surface area is 128 Å². The van der Waals surface area contributed by atoms with Crippen molar-refractivity contribution in [3.8, 4) is 0 Å². The molecule has 21 heavy (non-hydrogen) atoms. The number of hydrogen-bond donors (Lipinski definition) is 1. The van der Waals surface area contributed by atoms with Crippen LogP contribution >= 0.6 is 0 Å². The highest BCUT2D eigenvalue weighted by Crippen LogP contribution is 2.28. The lowest BCUT2D eigenvalue weighted by atomic mass is 10.3. The van der Waals surface area contributed by atoms with Gasteiger partial charge in [0.25, 0.3) is 0 Å². The molecule has 1 unspecified atom stereocenters. The van der Waals surface area contributed by atoms with E-state index in [2.05, 4.69) is 23.7 Å². The zero-order valence-electron chi connectivity index (χ0n) is 13.5. The van der Waals surface area contributed by atoms with Crippen molar-refractivity contribution >= 4 is 10.0 Å². The third kappa shape index (κ3) is 3.33. The fraction of sp³-hybridized carbons (Fsp3) is 0.733. The second-order valence-electron chi connectivity index (χ2n) is 6.06. The van der Waals surface area contributed by atoms with Crippen LogP contribution in [0.2, 0.25) is 0 Å². The number of hydrogen-bond acceptors (Lipinski definition) is 3. The minimum atomic E-state index is -3.36. The highest BCUT2D eigenvalue weighted by atomic mass is 32.2. The van der Waals surface area contributed by atoms with Crippen LogP contribution < -0.4 is 5.32 Å². The fourth-order valence-corrected chi connectivity index (χ4v) is 4.66. The van der Waals surface area contributed by atoms with E-state index in [1.807, 2.05) is 19.9 Å². The number of rotatable bonds is 6. The molecule has 6 heteroatoms. The second-order valence-corrected chi connectivity index (χ2v) is 7.95. The molecular formula is C15H27N3O2S. The quantitative estimate of drug-likeness (QED) is 0.877. The van der Waals surface area contributed by atoms with Crippen LogP contribution in [0.15, 0.2) is 17.2 Å². The van der Waals surface area contributed by atoms with Crippen molar-refractivity contribution in [2.24, 2.45) is 0 Å². The predicted octanol–water partition coefficient (Wildman–Crippen LogP) is 2.35. The van der Waals surface area contributed by atoms with Crippen LogP contribution in [0.5, 0.6) is 0 Å². The maximum absolute atomic E-state index is 12.8. The van der Waals surface area contributed by atoms with Crippen LogP contribution in [-0.4, -0.2) is 36.4 Å². The van der Waals surface area contributed by atoms with Gasteiger partial charge in [-0.25, -0.2) is 8.42 Å². The average molecular weight is 313 g/mol. The zero-order valence-corrected chi connectivity index (χ0v) is 14.3. The molecule has 0 aliphatic carbocycles. The van der Waals surface area contributed by atoms with Crippen LogP contribution in [0, 0.1) is 0 Å². The molecule has 0 spiro atoms. The maximum Gasteiger partial charge on any atom is 0.244 e. The first-order valence-electron chi connectivity index (χ1n) is 7.81. The summed E-state index contributed by atoms with van der Waals surface area (Å²) < 4.78 is 29.3. The fourth-order valence-electron chi connectivity index (χ4n) is 2.91. The summed E-state index contributed by atoms with van der Waals surface area (Å²) in [4.78, 5) is 0.429. The Morgan fingerprint density at radius 3 is 2.67 bits per heavy atom. The molecule has 1 aromatic heterocycles. The average Bonchev–Trinajstić information content (AvgIpc) is 3.02. The van der Waals surface area contributed by atoms with Gasteiger partial charge in [0.1, 0.15) is 4.90 Å². The van der Waals surface area contributed by atoms with Gasteiger partial charge < -0.3 is 9.88 Å². The molecule has 5 nitrogen and oxygen atoms in total. The van der Waals surface area contributed by atoms with Gasteiger partial charge >= 0.3 is 0 Å². The van der Waals surface area contributed by atoms with Gasteiger partial charge in [-0.05, 0) is 46.2 Å². The summed E-state index contributed by atoms with van der Waals surface area (Å²) in [5.74, 6) is 0. The molecule has 1 aliphatic rings. The van der Waals surface area contributed by atoms with Crippen LogP contribution in [-0.2, 0) is 16.6 Å². The first-order valence-corrected chi connectivity index (χ1v) is 9.25. The number of sulfonamides is 1. The smallest absolute Gasteiger partial charge is 0.244 e. The highest BCUT2D eigenvalue weighted by Gasteiger charge is 2.33. The number of aromatic nitrogens is 1. The molecule has 0 bridgehead atoms. The second kappa shape index (κ2) is 6.50. The number of nitrogens with zero attached hydrogens (tertiary/aromatic N) is 2. The maximum atomic E-state index is 12.8. The zero-order chi connectivity index (χ0) is 15.6. The van der Waals surface area contributed by atoms with Crippen molar-refractivity contribution in [1.82, 2.24) is 14.2 Å². The molecular weight excluding hydrogens is 286 g/mol. The van der Waals surface area contributed by atoms with Crippen LogP contribution in [0.4, 0.5) is 0 Å². The summed E-state index contributed by atoms with van der Waals surface area (Å²) in [6.07, 6.45) is 3.70. The van der Waals surface area contributed by atoms with Crippen LogP contribution in [0.1, 0.15) is 52.3 Å². The molecule has 1 N–H and O–H groups in total. The normalized spacial score (nSPS) is 20.5. The summed E-state index contributed by atoms with van der Waals surface area (Å²) in [5, 5.41) is 3.27. The van der Waals surface area contributed by atoms with Gasteiger partial charge in [0.05, 0.1) is 0 Å². The first kappa shape index (κ1) is 16.5. The Balaban J connectivity index is 2.35. The predicted molar refractivity (Wildman–Crippen MR) is 84.8 cm³/mol. The SMILES string of the molecule is CCNCc1cc(S(=O)(=O)N2CCCC2C)cn1C(C)C. The van der Waals surface area contributed by atoms with E-state index in [1.165, 1.54) is 0 Å². The van der Waals surface area contributed by atoms with Crippen molar-refractivity contribution in [1.29, 1.82) is 0 Å². The molecule has 1 aliphatic heterocycles. The minimum Gasteiger partial charge on any atom is -0.346 e. The van der Waals surface area contributed by atoms with Gasteiger partial charge in [-0.15, -0.1) is 0 Å². The molecule has 0 saturated carbocycles. The molecule has 0 amide bonds. The highest BCUT2D eigenvalue weighted by molar-refractivity contribution is 7.89. The van der Waals surface area contributed by atoms with Crippen molar-refractivity contribution in [3.63, 3.8) is 0 Å². The van der Waals surface area contributed by atoms with E-state index in [-0.39, 0.29) is 12.1 Å². The Morgan fingerprint density at radius 1 is 1.43 bits per heavy atom. The van der Waals surface area contributed by atoms with Gasteiger partial charge in [-0.1, -0.05) is 6.92 Å². The summed E-state index contributed by atoms with van der Waals surface area (Å²) in [7, 11) is -3.36. The van der Waals surface area contributed by atoms with E-state index in [0.29, 0.717) is 18.0 Å². The largest absolute Gasteiger partial charge is 0.346 e. The monoisotopic (exact) mass is 313 g/mol. The van der Waals surface area contributed by atoms with E-state index in [0.717, 1.165) is 25.1 Å². The molecule has 2 rings (SSSR count). The van der Waals surface area contributed by atoms with E-state index in [1.54, 1.807) is 10.5 Å². The molecule has 2 heterocycles. The Bertz CT molecular complexity index is 578. The van der Waals surface area contributed by atoms with E-state index in [9.17, 15) is 8.42 Å². The minimum absolute atomic E-state index is 0.106. The summed E-state index contributed by atoms with van der Waals surface area (Å²) in [6.45, 7) is 10.4. The van der Waals surface area contributed by atoms with Crippen molar-refractivity contribution in [2.75, 3.05) is 13.1 Å².